The van der Waals surface area contributed by atoms with Gasteiger partial charge in [-0.15, -0.1) is 0 Å². The van der Waals surface area contributed by atoms with Gasteiger partial charge in [0.05, 0.1) is 0 Å². The Morgan fingerprint density at radius 3 is 1.85 bits per heavy atom. The van der Waals surface area contributed by atoms with E-state index in [4.69, 9.17) is 18.9 Å². The van der Waals surface area contributed by atoms with Gasteiger partial charge in [0, 0.05) is 23.3 Å². The minimum absolute atomic E-state index is 0.0368. The van der Waals surface area contributed by atoms with E-state index in [-0.39, 0.29) is 33.0 Å². The summed E-state index contributed by atoms with van der Waals surface area (Å²) < 4.78 is 22.7. The van der Waals surface area contributed by atoms with Crippen LogP contribution in [0.1, 0.15) is 95.6 Å². The third-order valence-corrected chi connectivity index (χ3v) is 7.15. The molecule has 0 spiro atoms. The van der Waals surface area contributed by atoms with Crippen LogP contribution in [0, 0.1) is 5.92 Å². The molecule has 1 aliphatic carbocycles. The maximum atomic E-state index is 11.8. The van der Waals surface area contributed by atoms with Gasteiger partial charge in [-0.25, -0.2) is 9.59 Å². The molecule has 0 amide bonds. The van der Waals surface area contributed by atoms with Crippen LogP contribution in [0.5, 0.6) is 11.5 Å². The first kappa shape index (κ1) is 32.4. The van der Waals surface area contributed by atoms with Crippen LogP contribution in [0.2, 0.25) is 0 Å². The molecule has 1 fully saturated rings. The molecule has 0 saturated heterocycles. The third-order valence-electron chi connectivity index (χ3n) is 7.15. The van der Waals surface area contributed by atoms with Gasteiger partial charge in [-0.3, -0.25) is 0 Å². The highest BCUT2D eigenvalue weighted by Gasteiger charge is 2.25. The van der Waals surface area contributed by atoms with Crippen molar-refractivity contribution in [2.75, 3.05) is 33.0 Å². The number of rotatable bonds is 18. The van der Waals surface area contributed by atoms with Crippen LogP contribution < -0.4 is 9.47 Å². The highest BCUT2D eigenvalue weighted by atomic mass is 16.6. The minimum Gasteiger partial charge on any atom is -0.490 e. The zero-order valence-electron chi connectivity index (χ0n) is 24.2. The number of ether oxygens (including phenoxy) is 4. The SMILES string of the molecule is C=C(C)C(=O)OCCOc1cc(C2CCC(CCCCC)CC2)cc(OCCOC(=O)C(=C)C)c1CCCO. The molecule has 7 nitrogen and oxygen atoms in total. The Balaban J connectivity index is 2.20. The van der Waals surface area contributed by atoms with Gasteiger partial charge in [0.15, 0.2) is 0 Å². The normalized spacial score (nSPS) is 16.8. The molecule has 1 aliphatic rings. The molecule has 0 aromatic heterocycles. The smallest absolute Gasteiger partial charge is 0.333 e. The largest absolute Gasteiger partial charge is 0.490 e. The summed E-state index contributed by atoms with van der Waals surface area (Å²) in [7, 11) is 0. The van der Waals surface area contributed by atoms with Crippen LogP contribution in [0.25, 0.3) is 0 Å². The lowest BCUT2D eigenvalue weighted by Crippen LogP contribution is -2.16. The number of hydrogen-bond donors (Lipinski definition) is 1. The van der Waals surface area contributed by atoms with Crippen molar-refractivity contribution in [1.29, 1.82) is 0 Å². The molecule has 0 bridgehead atoms. The molecular weight excluding hydrogens is 496 g/mol. The van der Waals surface area contributed by atoms with E-state index >= 15 is 0 Å². The van der Waals surface area contributed by atoms with Gasteiger partial charge in [0.2, 0.25) is 0 Å². The Morgan fingerprint density at radius 2 is 1.38 bits per heavy atom. The number of esters is 2. The van der Waals surface area contributed by atoms with Crippen LogP contribution in [0.15, 0.2) is 36.4 Å². The lowest BCUT2D eigenvalue weighted by molar-refractivity contribution is -0.140. The summed E-state index contributed by atoms with van der Waals surface area (Å²) in [6.07, 6.45) is 11.0. The van der Waals surface area contributed by atoms with Crippen LogP contribution in [0.4, 0.5) is 0 Å². The maximum Gasteiger partial charge on any atom is 0.333 e. The monoisotopic (exact) mass is 544 g/mol. The molecule has 218 valence electrons. The van der Waals surface area contributed by atoms with Gasteiger partial charge >= 0.3 is 11.9 Å². The molecule has 0 heterocycles. The molecule has 39 heavy (non-hydrogen) atoms. The van der Waals surface area contributed by atoms with Crippen molar-refractivity contribution in [3.8, 4) is 11.5 Å². The van der Waals surface area contributed by atoms with E-state index in [2.05, 4.69) is 32.2 Å². The molecule has 0 atom stereocenters. The standard InChI is InChI=1S/C32H48O7/c1-6-7-8-10-25-12-14-26(15-13-25)27-21-29(36-17-19-38-31(34)23(2)3)28(11-9-16-33)30(22-27)37-18-20-39-32(35)24(4)5/h21-22,25-26,33H,2,4,6-20H2,1,3,5H3. The van der Waals surface area contributed by atoms with Gasteiger partial charge in [0.1, 0.15) is 37.9 Å². The Bertz CT molecular complexity index is 889. The fourth-order valence-corrected chi connectivity index (χ4v) is 4.92. The molecule has 1 saturated carbocycles. The number of aliphatic hydroxyl groups excluding tert-OH is 1. The Hall–Kier alpha value is -2.80. The van der Waals surface area contributed by atoms with Crippen LogP contribution in [-0.2, 0) is 25.5 Å². The van der Waals surface area contributed by atoms with E-state index in [1.807, 2.05) is 0 Å². The van der Waals surface area contributed by atoms with Crippen molar-refractivity contribution in [2.24, 2.45) is 5.92 Å². The van der Waals surface area contributed by atoms with Gasteiger partial charge in [-0.2, -0.15) is 0 Å². The number of carbonyl (C=O) groups excluding carboxylic acids is 2. The summed E-state index contributed by atoms with van der Waals surface area (Å²) in [5, 5.41) is 9.51. The molecule has 1 aromatic rings. The minimum atomic E-state index is -0.447. The zero-order valence-corrected chi connectivity index (χ0v) is 24.2. The summed E-state index contributed by atoms with van der Waals surface area (Å²) in [4.78, 5) is 23.5. The lowest BCUT2D eigenvalue weighted by atomic mass is 9.76. The fraction of sp³-hybridized carbons (Fsp3) is 0.625. The second-order valence-corrected chi connectivity index (χ2v) is 10.6. The van der Waals surface area contributed by atoms with E-state index < -0.39 is 11.9 Å². The average Bonchev–Trinajstić information content (AvgIpc) is 2.92. The van der Waals surface area contributed by atoms with E-state index in [1.165, 1.54) is 38.5 Å². The summed E-state index contributed by atoms with van der Waals surface area (Å²) in [5.41, 5.74) is 2.69. The summed E-state index contributed by atoms with van der Waals surface area (Å²) in [6.45, 7) is 13.3. The second kappa shape index (κ2) is 17.7. The highest BCUT2D eigenvalue weighted by Crippen LogP contribution is 2.42. The maximum absolute atomic E-state index is 11.8. The van der Waals surface area contributed by atoms with Crippen molar-refractivity contribution in [1.82, 2.24) is 0 Å². The molecule has 2 rings (SSSR count). The van der Waals surface area contributed by atoms with E-state index in [0.717, 1.165) is 29.9 Å². The quantitative estimate of drug-likeness (QED) is 0.129. The van der Waals surface area contributed by atoms with Gasteiger partial charge in [-0.05, 0) is 81.9 Å². The second-order valence-electron chi connectivity index (χ2n) is 10.6. The molecule has 7 heteroatoms. The van der Waals surface area contributed by atoms with Crippen LogP contribution >= 0.6 is 0 Å². The Kier molecular flexibility index (Phi) is 14.7. The molecule has 1 aromatic carbocycles. The first-order chi connectivity index (χ1) is 18.8. The van der Waals surface area contributed by atoms with Gasteiger partial charge in [-0.1, -0.05) is 45.8 Å². The van der Waals surface area contributed by atoms with Crippen molar-refractivity contribution in [3.05, 3.63) is 47.6 Å². The van der Waals surface area contributed by atoms with Crippen molar-refractivity contribution in [2.45, 2.75) is 90.9 Å². The van der Waals surface area contributed by atoms with Crippen molar-refractivity contribution in [3.63, 3.8) is 0 Å². The van der Waals surface area contributed by atoms with Crippen LogP contribution in [-0.4, -0.2) is 50.1 Å². The molecular formula is C32H48O7. The molecule has 1 N–H and O–H groups in total. The van der Waals surface area contributed by atoms with Crippen molar-refractivity contribution >= 4 is 11.9 Å². The fourth-order valence-electron chi connectivity index (χ4n) is 4.92. The van der Waals surface area contributed by atoms with Crippen molar-refractivity contribution < 1.29 is 33.6 Å². The molecule has 0 radical (unpaired) electrons. The number of carbonyl (C=O) groups is 2. The number of aliphatic hydroxyl groups is 1. The van der Waals surface area contributed by atoms with E-state index in [1.54, 1.807) is 13.8 Å². The number of benzene rings is 1. The summed E-state index contributed by atoms with van der Waals surface area (Å²) >= 11 is 0. The van der Waals surface area contributed by atoms with E-state index in [0.29, 0.717) is 41.4 Å². The number of unbranched alkanes of at least 4 members (excludes halogenated alkanes) is 2. The Morgan fingerprint density at radius 1 is 0.846 bits per heavy atom. The molecule has 0 unspecified atom stereocenters. The summed E-state index contributed by atoms with van der Waals surface area (Å²) in [5.74, 6) is 1.66. The first-order valence-corrected chi connectivity index (χ1v) is 14.4. The topological polar surface area (TPSA) is 91.3 Å². The summed E-state index contributed by atoms with van der Waals surface area (Å²) in [6, 6.07) is 4.17. The third kappa shape index (κ3) is 11.5. The zero-order chi connectivity index (χ0) is 28.6. The molecule has 0 aliphatic heterocycles. The van der Waals surface area contributed by atoms with Gasteiger partial charge in [0.25, 0.3) is 0 Å². The average molecular weight is 545 g/mol. The predicted octanol–water partition coefficient (Wildman–Crippen LogP) is 6.46. The van der Waals surface area contributed by atoms with Gasteiger partial charge < -0.3 is 24.1 Å². The Labute approximate surface area is 234 Å². The number of hydrogen-bond acceptors (Lipinski definition) is 7. The van der Waals surface area contributed by atoms with E-state index in [9.17, 15) is 14.7 Å². The van der Waals surface area contributed by atoms with Crippen LogP contribution in [0.3, 0.4) is 0 Å². The highest BCUT2D eigenvalue weighted by molar-refractivity contribution is 5.87. The lowest BCUT2D eigenvalue weighted by Gasteiger charge is -2.30. The predicted molar refractivity (Wildman–Crippen MR) is 153 cm³/mol. The first-order valence-electron chi connectivity index (χ1n) is 14.4.